The fraction of sp³-hybridized carbons (Fsp3) is 0.485. The van der Waals surface area contributed by atoms with Crippen molar-refractivity contribution in [2.24, 2.45) is 10.9 Å². The van der Waals surface area contributed by atoms with Crippen LogP contribution in [-0.4, -0.2) is 73.0 Å². The van der Waals surface area contributed by atoms with Crippen molar-refractivity contribution in [1.29, 1.82) is 0 Å². The third-order valence-corrected chi connectivity index (χ3v) is 12.4. The van der Waals surface area contributed by atoms with Gasteiger partial charge in [-0.05, 0) is 76.9 Å². The van der Waals surface area contributed by atoms with E-state index in [0.717, 1.165) is 34.9 Å². The Labute approximate surface area is 281 Å². The Bertz CT molecular complexity index is 1630. The molecule has 0 bridgehead atoms. The van der Waals surface area contributed by atoms with E-state index in [9.17, 15) is 27.5 Å². The predicted molar refractivity (Wildman–Crippen MR) is 184 cm³/mol. The number of sulfone groups is 1. The molecule has 0 unspecified atom stereocenters. The van der Waals surface area contributed by atoms with Crippen LogP contribution in [-0.2, 0) is 24.1 Å². The molecular formula is C33H44F2N2O7S2Si. The van der Waals surface area contributed by atoms with Crippen molar-refractivity contribution >= 4 is 46.9 Å². The summed E-state index contributed by atoms with van der Waals surface area (Å²) >= 11 is 0.902. The van der Waals surface area contributed by atoms with Gasteiger partial charge in [-0.2, -0.15) is 4.39 Å². The van der Waals surface area contributed by atoms with Gasteiger partial charge in [-0.3, -0.25) is 9.79 Å². The van der Waals surface area contributed by atoms with E-state index in [-0.39, 0.29) is 34.4 Å². The average molecular weight is 711 g/mol. The molecule has 1 fully saturated rings. The number of amides is 1. The number of rotatable bonds is 12. The number of thioether (sulfide) groups is 1. The Kier molecular flexibility index (Phi) is 11.6. The molecule has 0 aromatic heterocycles. The summed E-state index contributed by atoms with van der Waals surface area (Å²) in [5, 5.41) is 8.85. The largest absolute Gasteiger partial charge is 0.480 e. The van der Waals surface area contributed by atoms with Gasteiger partial charge in [-0.15, -0.1) is 0 Å². The van der Waals surface area contributed by atoms with Gasteiger partial charge in [0.1, 0.15) is 22.9 Å². The molecule has 1 aliphatic carbocycles. The summed E-state index contributed by atoms with van der Waals surface area (Å²) in [5.74, 6) is -2.66. The molecule has 1 aromatic rings. The summed E-state index contributed by atoms with van der Waals surface area (Å²) in [6.45, 7) is 18.6. The number of aliphatic carboxylic acids is 1. The Morgan fingerprint density at radius 2 is 1.81 bits per heavy atom. The van der Waals surface area contributed by atoms with Crippen molar-refractivity contribution in [3.8, 4) is 0 Å². The van der Waals surface area contributed by atoms with Gasteiger partial charge in [0.2, 0.25) is 15.0 Å². The van der Waals surface area contributed by atoms with Crippen molar-refractivity contribution < 1.29 is 41.4 Å². The van der Waals surface area contributed by atoms with Crippen LogP contribution in [0.5, 0.6) is 0 Å². The van der Waals surface area contributed by atoms with Gasteiger partial charge in [0.05, 0.1) is 10.4 Å². The van der Waals surface area contributed by atoms with Crippen LogP contribution in [0.4, 0.5) is 13.6 Å². The van der Waals surface area contributed by atoms with Crippen LogP contribution in [0.1, 0.15) is 41.0 Å². The lowest BCUT2D eigenvalue weighted by atomic mass is 9.85. The first kappa shape index (κ1) is 38.4. The third kappa shape index (κ3) is 9.30. The Balaban J connectivity index is 1.96. The fourth-order valence-electron chi connectivity index (χ4n) is 4.75. The third-order valence-electron chi connectivity index (χ3n) is 7.66. The molecule has 2 aliphatic rings. The first-order valence-corrected chi connectivity index (χ1v) is 21.1. The SMILES string of the molecule is C=C(\C(F)=C/C=C(C)/C=C(\F)S(=O)(=O)c1ccccc1)[C@@]1(C)N=C(N(COCC[Si](C)(C)C)C(=O)OC(C)(C)C)S[C@@]2(C(=O)O)C[C@@H]12. The highest BCUT2D eigenvalue weighted by Crippen LogP contribution is 2.65. The van der Waals surface area contributed by atoms with E-state index in [1.165, 1.54) is 37.3 Å². The standard InChI is InChI=1S/C33H44F2N2O7S2Si/c1-22(19-27(35)46(41,42)24-13-11-10-12-14-24)15-16-25(34)23(2)32(6)26-20-33(26,28(38)39)45-29(36-32)37(30(40)44-31(3,4)5)21-43-17-18-47(7,8)9/h10-16,19,26H,2,17-18,20-21H2,1,3-9H3,(H,38,39)/b22-15+,25-16+,27-19+/t26-,32+,33-/m0/s1. The number of fused-ring (bicyclic) bond motifs is 1. The molecule has 258 valence electrons. The van der Waals surface area contributed by atoms with Gasteiger partial charge in [0.15, 0.2) is 5.17 Å². The number of halogens is 2. The van der Waals surface area contributed by atoms with Crippen LogP contribution in [0.25, 0.3) is 0 Å². The maximum atomic E-state index is 15.7. The lowest BCUT2D eigenvalue weighted by Gasteiger charge is -2.37. The van der Waals surface area contributed by atoms with Crippen molar-refractivity contribution in [1.82, 2.24) is 4.90 Å². The van der Waals surface area contributed by atoms with Gasteiger partial charge in [-0.1, -0.05) is 62.3 Å². The molecule has 1 N–H and O–H groups in total. The monoisotopic (exact) mass is 710 g/mol. The number of ether oxygens (including phenoxy) is 2. The number of carboxylic acids is 1. The minimum absolute atomic E-state index is 0.00250. The number of carboxylic acid groups (broad SMARTS) is 1. The number of carbonyl (C=O) groups is 2. The Hall–Kier alpha value is -3.07. The van der Waals surface area contributed by atoms with E-state index < -0.39 is 62.8 Å². The molecule has 47 heavy (non-hydrogen) atoms. The Morgan fingerprint density at radius 3 is 2.36 bits per heavy atom. The van der Waals surface area contributed by atoms with Crippen LogP contribution >= 0.6 is 11.8 Å². The lowest BCUT2D eigenvalue weighted by Crippen LogP contribution is -2.48. The number of benzene rings is 1. The first-order chi connectivity index (χ1) is 21.5. The zero-order valence-electron chi connectivity index (χ0n) is 28.1. The van der Waals surface area contributed by atoms with Crippen molar-refractivity contribution in [3.05, 3.63) is 77.3 Å². The molecule has 0 radical (unpaired) electrons. The van der Waals surface area contributed by atoms with Crippen LogP contribution in [0.15, 0.2) is 87.2 Å². The van der Waals surface area contributed by atoms with Crippen molar-refractivity contribution in [2.75, 3.05) is 13.3 Å². The van der Waals surface area contributed by atoms with Crippen molar-refractivity contribution in [3.63, 3.8) is 0 Å². The number of carbonyl (C=O) groups excluding carboxylic acids is 1. The molecule has 3 rings (SSSR count). The molecular weight excluding hydrogens is 667 g/mol. The van der Waals surface area contributed by atoms with Crippen LogP contribution < -0.4 is 0 Å². The lowest BCUT2D eigenvalue weighted by molar-refractivity contribution is -0.137. The summed E-state index contributed by atoms with van der Waals surface area (Å²) < 4.78 is 65.6. The summed E-state index contributed by atoms with van der Waals surface area (Å²) in [5.41, 5.74) is -2.42. The maximum absolute atomic E-state index is 15.7. The van der Waals surface area contributed by atoms with Crippen molar-refractivity contribution in [2.45, 2.75) is 87.5 Å². The first-order valence-electron chi connectivity index (χ1n) is 15.1. The van der Waals surface area contributed by atoms with E-state index >= 15 is 4.39 Å². The number of aliphatic imine (C=N–C) groups is 1. The van der Waals surface area contributed by atoms with Gasteiger partial charge in [0.25, 0.3) is 0 Å². The highest BCUT2D eigenvalue weighted by Gasteiger charge is 2.72. The van der Waals surface area contributed by atoms with Gasteiger partial charge < -0.3 is 14.6 Å². The maximum Gasteiger partial charge on any atom is 0.418 e. The molecule has 1 amide bonds. The molecule has 1 saturated carbocycles. The second kappa shape index (κ2) is 14.2. The zero-order chi connectivity index (χ0) is 35.6. The summed E-state index contributed by atoms with van der Waals surface area (Å²) in [6.07, 6.45) is 2.30. The molecule has 1 heterocycles. The minimum Gasteiger partial charge on any atom is -0.480 e. The zero-order valence-corrected chi connectivity index (χ0v) is 30.7. The molecule has 3 atom stereocenters. The topological polar surface area (TPSA) is 123 Å². The summed E-state index contributed by atoms with van der Waals surface area (Å²) in [6, 6.07) is 7.90. The minimum atomic E-state index is -4.39. The van der Waals surface area contributed by atoms with E-state index in [1.54, 1.807) is 33.8 Å². The number of amidine groups is 1. The second-order valence-corrected chi connectivity index (χ2v) is 22.8. The van der Waals surface area contributed by atoms with Gasteiger partial charge >= 0.3 is 12.1 Å². The molecule has 9 nitrogen and oxygen atoms in total. The predicted octanol–water partition coefficient (Wildman–Crippen LogP) is 7.88. The molecule has 1 aromatic carbocycles. The number of nitrogens with zero attached hydrogens (tertiary/aromatic N) is 2. The highest BCUT2D eigenvalue weighted by atomic mass is 32.2. The number of hydrogen-bond donors (Lipinski definition) is 1. The number of allylic oxidation sites excluding steroid dienone is 4. The van der Waals surface area contributed by atoms with E-state index in [4.69, 9.17) is 14.5 Å². The highest BCUT2D eigenvalue weighted by molar-refractivity contribution is 8.15. The van der Waals surface area contributed by atoms with Crippen LogP contribution in [0, 0.1) is 5.92 Å². The summed E-state index contributed by atoms with van der Waals surface area (Å²) in [4.78, 5) is 31.6. The smallest absolute Gasteiger partial charge is 0.418 e. The van der Waals surface area contributed by atoms with Gasteiger partial charge in [-0.25, -0.2) is 22.5 Å². The fourth-order valence-corrected chi connectivity index (χ4v) is 8.09. The van der Waals surface area contributed by atoms with E-state index in [1.807, 2.05) is 0 Å². The average Bonchev–Trinajstić information content (AvgIpc) is 3.72. The molecule has 0 saturated heterocycles. The molecule has 1 aliphatic heterocycles. The molecule has 0 spiro atoms. The molecule has 14 heteroatoms. The van der Waals surface area contributed by atoms with Gasteiger partial charge in [0, 0.05) is 26.2 Å². The second-order valence-electron chi connectivity index (χ2n) is 14.0. The van der Waals surface area contributed by atoms with E-state index in [2.05, 4.69) is 26.2 Å². The number of hydrogen-bond acceptors (Lipinski definition) is 8. The van der Waals surface area contributed by atoms with Crippen LogP contribution in [0.3, 0.4) is 0 Å². The normalized spacial score (nSPS) is 23.8. The quantitative estimate of drug-likeness (QED) is 0.101. The van der Waals surface area contributed by atoms with Crippen LogP contribution in [0.2, 0.25) is 25.7 Å². The van der Waals surface area contributed by atoms with E-state index in [0.29, 0.717) is 6.61 Å². The Morgan fingerprint density at radius 1 is 1.19 bits per heavy atom. The summed E-state index contributed by atoms with van der Waals surface area (Å²) in [7, 11) is -5.84.